The van der Waals surface area contributed by atoms with Gasteiger partial charge in [0.05, 0.1) is 147 Å². The molecule has 36 atom stereocenters. The van der Waals surface area contributed by atoms with Crippen LogP contribution in [0, 0.1) is 47.3 Å². The van der Waals surface area contributed by atoms with Gasteiger partial charge in [0, 0.05) is 76.9 Å². The average molecular weight is 1790 g/mol. The van der Waals surface area contributed by atoms with Crippen molar-refractivity contribution in [3.05, 3.63) is 60.8 Å². The van der Waals surface area contributed by atoms with Crippen molar-refractivity contribution >= 4 is 41.6 Å². The van der Waals surface area contributed by atoms with Gasteiger partial charge in [0.2, 0.25) is 0 Å². The summed E-state index contributed by atoms with van der Waals surface area (Å²) in [5, 5.41) is 17.2. The Kier molecular flexibility index (Phi) is 30.5. The first-order valence-corrected chi connectivity index (χ1v) is 52.8. The molecule has 4 N–H and O–H groups in total. The zero-order valence-corrected chi connectivity index (χ0v) is 79.9. The van der Waals surface area contributed by atoms with Crippen LogP contribution in [0.25, 0.3) is 0 Å². The summed E-state index contributed by atoms with van der Waals surface area (Å²) in [6.45, 7) is 52.1. The third kappa shape index (κ3) is 22.4. The number of ketones is 3. The smallest absolute Gasteiger partial charge is 0.412 e. The van der Waals surface area contributed by atoms with Crippen LogP contribution in [0.2, 0.25) is 18.1 Å². The number of amides is 1. The predicted molar refractivity (Wildman–Crippen MR) is 472 cm³/mol. The summed E-state index contributed by atoms with van der Waals surface area (Å²) in [4.78, 5) is 57.2. The number of aliphatic hydroxyl groups is 1. The summed E-state index contributed by atoms with van der Waals surface area (Å²) in [5.41, 5.74) is 2.83. The Balaban J connectivity index is 0.000000204. The Bertz CT molecular complexity index is 3990. The summed E-state index contributed by atoms with van der Waals surface area (Å²) < 4.78 is 132. The van der Waals surface area contributed by atoms with Crippen LogP contribution in [0.1, 0.15) is 257 Å². The van der Waals surface area contributed by atoms with Crippen molar-refractivity contribution in [1.29, 1.82) is 0 Å². The minimum Gasteiger partial charge on any atom is -0.444 e. The van der Waals surface area contributed by atoms with Crippen molar-refractivity contribution in [3.8, 4) is 0 Å². The predicted octanol–water partition coefficient (Wildman–Crippen LogP) is 14.7. The second kappa shape index (κ2) is 39.2. The zero-order valence-electron chi connectivity index (χ0n) is 78.1. The highest BCUT2D eigenvalue weighted by Gasteiger charge is 2.69. The lowest BCUT2D eigenvalue weighted by atomic mass is 9.76. The summed E-state index contributed by atoms with van der Waals surface area (Å²) in [6.07, 6.45) is 14.3. The van der Waals surface area contributed by atoms with Gasteiger partial charge in [-0.1, -0.05) is 94.7 Å². The quantitative estimate of drug-likeness (QED) is 0.115. The third-order valence-corrected chi connectivity index (χ3v) is 37.4. The molecule has 0 radical (unpaired) electrons. The number of carbonyl (C=O) groups is 4. The maximum Gasteiger partial charge on any atom is 0.412 e. The van der Waals surface area contributed by atoms with Crippen LogP contribution in [0.3, 0.4) is 0 Å². The van der Waals surface area contributed by atoms with Gasteiger partial charge in [-0.05, 0) is 218 Å². The maximum atomic E-state index is 14.5. The molecule has 16 saturated heterocycles. The average Bonchev–Trinajstić information content (AvgIpc) is 1.55. The molecule has 19 heterocycles. The van der Waals surface area contributed by atoms with Gasteiger partial charge in [-0.25, -0.2) is 19.1 Å². The summed E-state index contributed by atoms with van der Waals surface area (Å²) in [5.74, 6) is 3.20. The molecule has 1 amide bonds. The van der Waals surface area contributed by atoms with Crippen LogP contribution in [0.5, 0.6) is 0 Å². The molecule has 19 aliphatic rings. The molecule has 0 aromatic heterocycles. The molecule has 706 valence electrons. The van der Waals surface area contributed by atoms with E-state index in [0.29, 0.717) is 77.2 Å². The fourth-order valence-electron chi connectivity index (χ4n) is 23.7. The first-order valence-electron chi connectivity index (χ1n) is 47.8. The first-order chi connectivity index (χ1) is 58.8. The number of Topliss-reactive ketones (excluding diaryl/α,β-unsaturated/α-hetero) is 2. The van der Waals surface area contributed by atoms with Crippen LogP contribution in [0.15, 0.2) is 60.8 Å². The van der Waals surface area contributed by atoms with Gasteiger partial charge in [0.1, 0.15) is 63.2 Å². The highest BCUT2D eigenvalue weighted by atomic mass is 32.2. The van der Waals surface area contributed by atoms with Crippen LogP contribution < -0.4 is 5.90 Å². The summed E-state index contributed by atoms with van der Waals surface area (Å²) in [6, 6.07) is 0. The molecule has 0 saturated carbocycles. The molecule has 19 aliphatic heterocycles. The number of ether oxygens (including phenoxy) is 15. The van der Waals surface area contributed by atoms with E-state index in [1.54, 1.807) is 11.0 Å². The van der Waals surface area contributed by atoms with E-state index < -0.39 is 53.6 Å². The third-order valence-electron chi connectivity index (χ3n) is 32.0. The lowest BCUT2D eigenvalue weighted by Gasteiger charge is -2.51. The molecule has 0 aromatic rings. The normalized spacial score (nSPS) is 45.0. The number of fused-ring (bicyclic) bond motifs is 8. The van der Waals surface area contributed by atoms with E-state index >= 15 is 0 Å². The Morgan fingerprint density at radius 3 is 1.61 bits per heavy atom. The number of hydrogen-bond donors (Lipinski definition) is 3. The number of rotatable bonds is 8. The SMILES string of the molecule is C=C1C[C@@H]2CCC(=O)/C=C/[C@H](O[Si](C)(C)C(C)(C)C)[C@@H]3O[C@H]4CC[C@H](CC(=O)C[C@@H]5[C@@H](C)[C@@H](C[C@H]6CN(C(=O)OC(C)(C)C)C(C)(C)O6)O[C@H]5CC5O[C@@H](CCC1O2)C[C@@H](C)C5=C)O[C@@H]4[C@H](C)[C@@H]3C.C=C1C[C@@H]2CC[C@@]34CC5O[C@H]6[C@@H](O3)[C@H]3O[C@H](CC[C@@H]3O[C@H]6[C@H]5O4)CC(=O)C[C@@H]3[C@@H](C)[C@@H](C[C@H](O)CS(C)(=O)=O)O[C@H]3CC3O[C@@H](CCC1O2)C[C@@H](C)C3=C.NO. The topological polar surface area (TPSA) is 320 Å². The van der Waals surface area contributed by atoms with Crippen molar-refractivity contribution in [2.24, 2.45) is 53.2 Å². The van der Waals surface area contributed by atoms with Crippen molar-refractivity contribution in [2.45, 2.75) is 458 Å². The van der Waals surface area contributed by atoms with E-state index in [-0.39, 0.29) is 241 Å². The van der Waals surface area contributed by atoms with E-state index in [1.807, 2.05) is 40.7 Å². The van der Waals surface area contributed by atoms with Gasteiger partial charge in [-0.2, -0.15) is 0 Å². The second-order valence-electron chi connectivity index (χ2n) is 43.9. The molecule has 19 rings (SSSR count). The minimum atomic E-state index is -3.38. The molecule has 26 nitrogen and oxygen atoms in total. The molecular formula is C97H154N2O24SSi. The molecule has 1 spiro atoms. The number of nitrogens with two attached hydrogens (primary N) is 1. The van der Waals surface area contributed by atoms with Gasteiger partial charge in [-0.3, -0.25) is 19.3 Å². The van der Waals surface area contributed by atoms with Gasteiger partial charge in [-0.15, -0.1) is 0 Å². The van der Waals surface area contributed by atoms with Crippen molar-refractivity contribution in [1.82, 2.24) is 4.90 Å². The largest absolute Gasteiger partial charge is 0.444 e. The van der Waals surface area contributed by atoms with E-state index in [9.17, 15) is 32.7 Å². The molecule has 125 heavy (non-hydrogen) atoms. The van der Waals surface area contributed by atoms with E-state index in [4.69, 9.17) is 80.7 Å². The molecule has 16 fully saturated rings. The van der Waals surface area contributed by atoms with E-state index in [2.05, 4.69) is 108 Å². The minimum absolute atomic E-state index is 0.0112. The second-order valence-corrected chi connectivity index (χ2v) is 50.8. The van der Waals surface area contributed by atoms with Crippen LogP contribution in [-0.2, 0) is 99.7 Å². The fraction of sp³-hybridized carbons (Fsp3) is 0.856. The van der Waals surface area contributed by atoms with Crippen molar-refractivity contribution < 1.29 is 113 Å². The van der Waals surface area contributed by atoms with Gasteiger partial charge in [0.15, 0.2) is 19.9 Å². The highest BCUT2D eigenvalue weighted by Crippen LogP contribution is 2.56. The summed E-state index contributed by atoms with van der Waals surface area (Å²) >= 11 is 0. The van der Waals surface area contributed by atoms with E-state index in [0.717, 1.165) is 106 Å². The highest BCUT2D eigenvalue weighted by molar-refractivity contribution is 7.90. The number of hydrogen-bond acceptors (Lipinski definition) is 25. The molecule has 20 bridgehead atoms. The number of nitrogens with zero attached hydrogens (tertiary/aromatic N) is 1. The number of aliphatic hydroxyl groups excluding tert-OH is 1. The molecule has 0 aliphatic carbocycles. The van der Waals surface area contributed by atoms with Crippen LogP contribution in [-0.4, -0.2) is 256 Å². The van der Waals surface area contributed by atoms with E-state index in [1.165, 1.54) is 0 Å². The van der Waals surface area contributed by atoms with Gasteiger partial charge in [0.25, 0.3) is 0 Å². The Hall–Kier alpha value is -3.57. The van der Waals surface area contributed by atoms with Crippen LogP contribution >= 0.6 is 0 Å². The molecular weight excluding hydrogens is 1640 g/mol. The van der Waals surface area contributed by atoms with Crippen molar-refractivity contribution in [2.75, 3.05) is 18.6 Å². The fourth-order valence-corrected chi connectivity index (χ4v) is 25.8. The van der Waals surface area contributed by atoms with Crippen LogP contribution in [0.4, 0.5) is 4.79 Å². The van der Waals surface area contributed by atoms with Crippen molar-refractivity contribution in [3.63, 3.8) is 0 Å². The standard InChI is InChI=1S/C56H91NO11Si.C41H60O12S.H3NO/c1-32-25-41-20-23-45-33(2)26-40(61-45)19-17-38(58)18-22-47(68-69(15,16)55(10,11)12)52-36(5)35(4)51-46(65-52)24-21-42(63-51)27-39(59)28-44-37(6)48(64-50(44)30-49(62-41)34(32)3)29-43-31-57(56(13,14)66-43)53(60)67-54(7,8)9;1-20-12-26-6-8-30-21(2)13-28(46-30)10-11-41-18-35-37(52-41)38-39(51-35)40(53-41)36-31(50-38)9-7-27(48-36)14-24(42)15-29-23(4)32(16-25(43)19-54(5,44)45)49-34(29)17-33(47-26)22(20)3;1-2/h18,22,32,35-37,40-52H,2-3,17,19-21,23-31H2,1,4-16H3;20,23,25-40,43H,2-3,6-19H2,1,4-5H3;2H,1H2/b22-18+;;/t32-,35-,36+,37-,40+,41+,42-,43+,44-,45?,46+,47+,48-,49?,50+,51-,52-;20-,23-,25+,26+,27-,28+,29-,30?,31+,32-,33?,34+,35?,36+,37+,38+,39-,40+,41+;/m11./s1. The lowest BCUT2D eigenvalue weighted by molar-refractivity contribution is -0.292. The number of sulfone groups is 1. The Morgan fingerprint density at radius 2 is 1.04 bits per heavy atom. The number of allylic oxidation sites excluding steroid dienone is 1. The Labute approximate surface area is 745 Å². The lowest BCUT2D eigenvalue weighted by Crippen LogP contribution is -2.61. The zero-order chi connectivity index (χ0) is 90.2. The molecule has 28 heteroatoms. The monoisotopic (exact) mass is 1790 g/mol. The van der Waals surface area contributed by atoms with Gasteiger partial charge < -0.3 is 85.8 Å². The Morgan fingerprint density at radius 1 is 0.552 bits per heavy atom. The van der Waals surface area contributed by atoms with Gasteiger partial charge >= 0.3 is 6.09 Å². The maximum absolute atomic E-state index is 14.5. The molecule has 5 unspecified atom stereocenters. The molecule has 0 aromatic carbocycles. The summed E-state index contributed by atoms with van der Waals surface area (Å²) in [7, 11) is -5.65. The number of carbonyl (C=O) groups excluding carboxylic acids is 4. The first kappa shape index (κ1) is 97.5.